The van der Waals surface area contributed by atoms with Gasteiger partial charge in [-0.1, -0.05) is 28.0 Å². The highest BCUT2D eigenvalue weighted by Crippen LogP contribution is 2.39. The van der Waals surface area contributed by atoms with Crippen LogP contribution in [-0.4, -0.2) is 11.0 Å². The molecule has 1 aliphatic heterocycles. The largest absolute Gasteiger partial charge is 0.198 e. The zero-order valence-corrected chi connectivity index (χ0v) is 8.22. The molecule has 0 spiro atoms. The fourth-order valence-electron chi connectivity index (χ4n) is 1.14. The summed E-state index contributed by atoms with van der Waals surface area (Å²) in [5.41, 5.74) is 0. The molecule has 0 aliphatic carbocycles. The fourth-order valence-corrected chi connectivity index (χ4v) is 4.17. The Balaban J connectivity index is 1.90. The van der Waals surface area contributed by atoms with Crippen LogP contribution in [0.1, 0.15) is 32.1 Å². The third kappa shape index (κ3) is 3.93. The number of nitrogens with zero attached hydrogens (tertiary/aromatic N) is 1. The van der Waals surface area contributed by atoms with Gasteiger partial charge >= 0.3 is 0 Å². The Kier molecular flexibility index (Phi) is 4.89. The summed E-state index contributed by atoms with van der Waals surface area (Å²) >= 11 is 0. The van der Waals surface area contributed by atoms with Gasteiger partial charge in [-0.05, 0) is 19.3 Å². The highest BCUT2D eigenvalue weighted by Gasteiger charge is 2.15. The summed E-state index contributed by atoms with van der Waals surface area (Å²) in [5, 5.41) is 9.19. The summed E-state index contributed by atoms with van der Waals surface area (Å²) in [7, 11) is 4.03. The van der Waals surface area contributed by atoms with Crippen LogP contribution >= 0.6 is 21.6 Å². The molecule has 0 amide bonds. The minimum Gasteiger partial charge on any atom is -0.198 e. The first kappa shape index (κ1) is 9.28. The molecule has 1 unspecified atom stereocenters. The molecule has 62 valence electrons. The van der Waals surface area contributed by atoms with Gasteiger partial charge in [0.25, 0.3) is 0 Å². The van der Waals surface area contributed by atoms with Crippen LogP contribution in [0.15, 0.2) is 0 Å². The van der Waals surface area contributed by atoms with Gasteiger partial charge in [-0.25, -0.2) is 0 Å². The first-order valence-corrected chi connectivity index (χ1v) is 6.47. The van der Waals surface area contributed by atoms with Gasteiger partial charge in [-0.3, -0.25) is 0 Å². The molecule has 1 fully saturated rings. The molecule has 0 saturated carbocycles. The number of nitriles is 1. The van der Waals surface area contributed by atoms with Crippen molar-refractivity contribution >= 4 is 21.6 Å². The van der Waals surface area contributed by atoms with Crippen LogP contribution in [0.5, 0.6) is 0 Å². The monoisotopic (exact) mass is 187 g/mol. The maximum Gasteiger partial charge on any atom is 0.0621 e. The lowest BCUT2D eigenvalue weighted by atomic mass is 10.1. The summed E-state index contributed by atoms with van der Waals surface area (Å²) in [6.45, 7) is 0. The predicted octanol–water partition coefficient (Wildman–Crippen LogP) is 3.22. The first-order chi connectivity index (χ1) is 5.43. The minimum absolute atomic E-state index is 0.741. The lowest BCUT2D eigenvalue weighted by Gasteiger charge is -2.04. The van der Waals surface area contributed by atoms with E-state index < -0.39 is 0 Å². The Hall–Kier alpha value is 0.190. The standard InChI is InChI=1S/C8H13NS2/c9-6-3-1-2-4-8-5-7-10-11-8/h8H,1-5,7H2. The zero-order chi connectivity index (χ0) is 7.94. The third-order valence-electron chi connectivity index (χ3n) is 1.79. The van der Waals surface area contributed by atoms with E-state index in [9.17, 15) is 0 Å². The Morgan fingerprint density at radius 3 is 3.00 bits per heavy atom. The molecule has 1 nitrogen and oxygen atoms in total. The number of hydrogen-bond donors (Lipinski definition) is 0. The van der Waals surface area contributed by atoms with Gasteiger partial charge in [0, 0.05) is 17.4 Å². The van der Waals surface area contributed by atoms with E-state index in [1.807, 2.05) is 21.6 Å². The molecule has 0 aromatic rings. The molecule has 0 radical (unpaired) electrons. The van der Waals surface area contributed by atoms with Crippen molar-refractivity contribution in [1.82, 2.24) is 0 Å². The van der Waals surface area contributed by atoms with Crippen molar-refractivity contribution in [3.05, 3.63) is 0 Å². The van der Waals surface area contributed by atoms with E-state index in [4.69, 9.17) is 5.26 Å². The Bertz CT molecular complexity index is 136. The van der Waals surface area contributed by atoms with E-state index in [1.165, 1.54) is 25.0 Å². The van der Waals surface area contributed by atoms with Crippen LogP contribution in [0.4, 0.5) is 0 Å². The summed E-state index contributed by atoms with van der Waals surface area (Å²) < 4.78 is 0. The highest BCUT2D eigenvalue weighted by atomic mass is 33.1. The lowest BCUT2D eigenvalue weighted by molar-refractivity contribution is 0.659. The quantitative estimate of drug-likeness (QED) is 0.499. The Morgan fingerprint density at radius 2 is 2.36 bits per heavy atom. The van der Waals surface area contributed by atoms with Crippen LogP contribution in [0.3, 0.4) is 0 Å². The maximum absolute atomic E-state index is 8.30. The molecule has 1 atom stereocenters. The maximum atomic E-state index is 8.30. The molecule has 3 heteroatoms. The van der Waals surface area contributed by atoms with Crippen molar-refractivity contribution < 1.29 is 0 Å². The van der Waals surface area contributed by atoms with Crippen LogP contribution < -0.4 is 0 Å². The van der Waals surface area contributed by atoms with Crippen LogP contribution in [-0.2, 0) is 0 Å². The minimum atomic E-state index is 0.741. The molecule has 1 heterocycles. The van der Waals surface area contributed by atoms with E-state index in [-0.39, 0.29) is 0 Å². The molecular formula is C8H13NS2. The van der Waals surface area contributed by atoms with Gasteiger partial charge < -0.3 is 0 Å². The third-order valence-corrected chi connectivity index (χ3v) is 4.80. The van der Waals surface area contributed by atoms with E-state index in [1.54, 1.807) is 0 Å². The molecular weight excluding hydrogens is 174 g/mol. The van der Waals surface area contributed by atoms with E-state index in [2.05, 4.69) is 6.07 Å². The van der Waals surface area contributed by atoms with Crippen molar-refractivity contribution in [1.29, 1.82) is 5.26 Å². The molecule has 0 bridgehead atoms. The van der Waals surface area contributed by atoms with Crippen LogP contribution in [0, 0.1) is 11.3 Å². The van der Waals surface area contributed by atoms with Gasteiger partial charge in [0.1, 0.15) is 0 Å². The molecule has 0 N–H and O–H groups in total. The van der Waals surface area contributed by atoms with Gasteiger partial charge in [0.05, 0.1) is 6.07 Å². The summed E-state index contributed by atoms with van der Waals surface area (Å²) in [6.07, 6.45) is 5.77. The van der Waals surface area contributed by atoms with Crippen LogP contribution in [0.25, 0.3) is 0 Å². The molecule has 11 heavy (non-hydrogen) atoms. The second-order valence-corrected chi connectivity index (χ2v) is 5.52. The van der Waals surface area contributed by atoms with Gasteiger partial charge in [0.2, 0.25) is 0 Å². The van der Waals surface area contributed by atoms with Crippen molar-refractivity contribution in [2.75, 3.05) is 5.75 Å². The van der Waals surface area contributed by atoms with Crippen molar-refractivity contribution in [2.24, 2.45) is 0 Å². The van der Waals surface area contributed by atoms with Gasteiger partial charge in [-0.2, -0.15) is 5.26 Å². The van der Waals surface area contributed by atoms with E-state index in [0.717, 1.165) is 18.1 Å². The molecule has 0 aromatic heterocycles. The average molecular weight is 187 g/mol. The summed E-state index contributed by atoms with van der Waals surface area (Å²) in [4.78, 5) is 0. The second kappa shape index (κ2) is 5.79. The summed E-state index contributed by atoms with van der Waals surface area (Å²) in [6, 6.07) is 2.18. The smallest absolute Gasteiger partial charge is 0.0621 e. The van der Waals surface area contributed by atoms with Crippen molar-refractivity contribution in [3.63, 3.8) is 0 Å². The first-order valence-electron chi connectivity index (χ1n) is 4.08. The average Bonchev–Trinajstić information content (AvgIpc) is 2.50. The normalized spacial score (nSPS) is 23.4. The fraction of sp³-hybridized carbons (Fsp3) is 0.875. The lowest BCUT2D eigenvalue weighted by Crippen LogP contribution is -1.96. The highest BCUT2D eigenvalue weighted by molar-refractivity contribution is 8.77. The van der Waals surface area contributed by atoms with Gasteiger partial charge in [-0.15, -0.1) is 0 Å². The topological polar surface area (TPSA) is 23.8 Å². The van der Waals surface area contributed by atoms with E-state index >= 15 is 0 Å². The number of rotatable bonds is 4. The second-order valence-electron chi connectivity index (χ2n) is 2.73. The number of unbranched alkanes of at least 4 members (excludes halogenated alkanes) is 2. The van der Waals surface area contributed by atoms with Crippen molar-refractivity contribution in [3.8, 4) is 6.07 Å². The zero-order valence-electron chi connectivity index (χ0n) is 6.58. The van der Waals surface area contributed by atoms with Gasteiger partial charge in [0.15, 0.2) is 0 Å². The Labute approximate surface area is 76.3 Å². The molecule has 0 aromatic carbocycles. The SMILES string of the molecule is N#CCCCCC1CCSS1. The van der Waals surface area contributed by atoms with Crippen LogP contribution in [0.2, 0.25) is 0 Å². The molecule has 1 aliphatic rings. The number of hydrogen-bond acceptors (Lipinski definition) is 3. The van der Waals surface area contributed by atoms with Crippen molar-refractivity contribution in [2.45, 2.75) is 37.4 Å². The van der Waals surface area contributed by atoms with E-state index in [0.29, 0.717) is 0 Å². The predicted molar refractivity (Wildman–Crippen MR) is 52.5 cm³/mol. The Morgan fingerprint density at radius 1 is 1.45 bits per heavy atom. The molecule has 1 saturated heterocycles. The summed E-state index contributed by atoms with van der Waals surface area (Å²) in [5.74, 6) is 1.33. The molecule has 1 rings (SSSR count).